The molecule has 13 heavy (non-hydrogen) atoms. The average Bonchev–Trinajstić information content (AvgIpc) is 2.11. The summed E-state index contributed by atoms with van der Waals surface area (Å²) in [5.74, 6) is 0. The fourth-order valence-electron chi connectivity index (χ4n) is 0.733. The highest BCUT2D eigenvalue weighted by Crippen LogP contribution is 2.24. The van der Waals surface area contributed by atoms with E-state index in [1.165, 1.54) is 0 Å². The zero-order valence-electron chi connectivity index (χ0n) is 6.34. The highest BCUT2D eigenvalue weighted by Gasteiger charge is 2.01. The monoisotopic (exact) mass is 236 g/mol. The molecular weight excluding hydrogens is 231 g/mol. The van der Waals surface area contributed by atoms with Gasteiger partial charge in [-0.05, 0) is 18.2 Å². The van der Waals surface area contributed by atoms with Gasteiger partial charge in [0.05, 0.1) is 10.0 Å². The van der Waals surface area contributed by atoms with Gasteiger partial charge in [-0.25, -0.2) is 4.79 Å². The summed E-state index contributed by atoms with van der Waals surface area (Å²) in [6, 6.07) is 4.35. The first-order valence-corrected chi connectivity index (χ1v) is 4.50. The normalized spacial score (nSPS) is 9.46. The molecule has 70 valence electrons. The van der Waals surface area contributed by atoms with E-state index in [1.807, 2.05) is 0 Å². The molecule has 3 nitrogen and oxygen atoms in total. The summed E-state index contributed by atoms with van der Waals surface area (Å²) in [7, 11) is 0. The molecule has 0 radical (unpaired) electrons. The molecule has 0 bridgehead atoms. The first kappa shape index (κ1) is 10.5. The number of carbonyl (C=O) groups excluding carboxylic acids is 1. The van der Waals surface area contributed by atoms with Crippen LogP contribution in [0, 0.1) is 0 Å². The van der Waals surface area contributed by atoms with Gasteiger partial charge in [0.15, 0.2) is 0 Å². The summed E-state index contributed by atoms with van der Waals surface area (Å²) in [4.78, 5) is 10.8. The molecule has 0 atom stereocenters. The second-order valence-corrected chi connectivity index (χ2v) is 3.23. The van der Waals surface area contributed by atoms with Crippen molar-refractivity contribution < 1.29 is 4.79 Å². The van der Waals surface area contributed by atoms with E-state index in [9.17, 15) is 4.79 Å². The Kier molecular flexibility index (Phi) is 3.71. The lowest BCUT2D eigenvalue weighted by molar-refractivity contribution is 0.257. The van der Waals surface area contributed by atoms with Crippen molar-refractivity contribution in [3.63, 3.8) is 0 Å². The van der Waals surface area contributed by atoms with E-state index in [4.69, 9.17) is 23.2 Å². The Hall–Kier alpha value is -0.580. The Balaban J connectivity index is 2.79. The fraction of sp³-hybridized carbons (Fsp3) is 0. The summed E-state index contributed by atoms with van der Waals surface area (Å²) < 4.78 is 2.12. The molecule has 0 aliphatic heterocycles. The van der Waals surface area contributed by atoms with Crippen molar-refractivity contribution in [1.82, 2.24) is 4.72 Å². The van der Waals surface area contributed by atoms with Gasteiger partial charge < -0.3 is 5.32 Å². The Morgan fingerprint density at radius 1 is 1.31 bits per heavy atom. The van der Waals surface area contributed by atoms with E-state index >= 15 is 0 Å². The van der Waals surface area contributed by atoms with Crippen molar-refractivity contribution in [3.05, 3.63) is 28.2 Å². The van der Waals surface area contributed by atoms with Crippen LogP contribution < -0.4 is 10.0 Å². The zero-order valence-corrected chi connectivity index (χ0v) is 8.75. The molecule has 0 spiro atoms. The Morgan fingerprint density at radius 2 is 2.00 bits per heavy atom. The SMILES string of the molecule is O=C(NS)Nc1ccc(Cl)c(Cl)c1. The molecule has 0 aliphatic carbocycles. The van der Waals surface area contributed by atoms with Gasteiger partial charge in [-0.2, -0.15) is 0 Å². The lowest BCUT2D eigenvalue weighted by Gasteiger charge is -2.04. The molecule has 1 aromatic rings. The minimum atomic E-state index is -0.429. The topological polar surface area (TPSA) is 41.1 Å². The molecule has 0 heterocycles. The number of carbonyl (C=O) groups is 1. The third-order valence-electron chi connectivity index (χ3n) is 1.28. The number of urea groups is 1. The third-order valence-corrected chi connectivity index (χ3v) is 2.22. The van der Waals surface area contributed by atoms with Crippen LogP contribution >= 0.6 is 36.0 Å². The Labute approximate surface area is 91.0 Å². The van der Waals surface area contributed by atoms with Crippen LogP contribution in [0.4, 0.5) is 10.5 Å². The highest BCUT2D eigenvalue weighted by molar-refractivity contribution is 7.78. The summed E-state index contributed by atoms with van der Waals surface area (Å²) in [5.41, 5.74) is 0.556. The Bertz CT molecular complexity index is 332. The molecule has 0 saturated carbocycles. The number of amides is 2. The van der Waals surface area contributed by atoms with E-state index in [2.05, 4.69) is 22.9 Å². The van der Waals surface area contributed by atoms with Crippen LogP contribution in [-0.2, 0) is 0 Å². The van der Waals surface area contributed by atoms with E-state index < -0.39 is 6.03 Å². The minimum Gasteiger partial charge on any atom is -0.307 e. The van der Waals surface area contributed by atoms with Crippen molar-refractivity contribution in [3.8, 4) is 0 Å². The summed E-state index contributed by atoms with van der Waals surface area (Å²) in [6.45, 7) is 0. The van der Waals surface area contributed by atoms with Gasteiger partial charge in [0.1, 0.15) is 0 Å². The van der Waals surface area contributed by atoms with Crippen molar-refractivity contribution in [2.75, 3.05) is 5.32 Å². The molecule has 6 heteroatoms. The van der Waals surface area contributed by atoms with Crippen molar-refractivity contribution in [2.24, 2.45) is 0 Å². The van der Waals surface area contributed by atoms with Crippen LogP contribution in [-0.4, -0.2) is 6.03 Å². The summed E-state index contributed by atoms with van der Waals surface area (Å²) in [6.07, 6.45) is 0. The second kappa shape index (κ2) is 4.60. The van der Waals surface area contributed by atoms with Gasteiger partial charge in [0.2, 0.25) is 0 Å². The molecule has 0 aliphatic rings. The van der Waals surface area contributed by atoms with Crippen LogP contribution in [0.3, 0.4) is 0 Å². The van der Waals surface area contributed by atoms with Crippen molar-refractivity contribution in [2.45, 2.75) is 0 Å². The first-order valence-electron chi connectivity index (χ1n) is 3.29. The molecule has 0 saturated heterocycles. The smallest absolute Gasteiger partial charge is 0.307 e. The van der Waals surface area contributed by atoms with E-state index in [1.54, 1.807) is 18.2 Å². The Morgan fingerprint density at radius 3 is 2.54 bits per heavy atom. The molecule has 0 unspecified atom stereocenters. The molecule has 1 aromatic carbocycles. The largest absolute Gasteiger partial charge is 0.329 e. The van der Waals surface area contributed by atoms with Gasteiger partial charge in [0, 0.05) is 5.69 Å². The quantitative estimate of drug-likeness (QED) is 0.646. The van der Waals surface area contributed by atoms with Gasteiger partial charge in [-0.1, -0.05) is 36.0 Å². The standard InChI is InChI=1S/C7H6Cl2N2OS/c8-5-2-1-4(3-6(5)9)10-7(12)11-13/h1-3,13H,(H2,10,11,12). The fourth-order valence-corrected chi connectivity index (χ4v) is 1.09. The predicted octanol–water partition coefficient (Wildman–Crippen LogP) is 2.96. The molecule has 2 amide bonds. The number of thiol groups is 1. The number of halogens is 2. The minimum absolute atomic E-state index is 0.388. The van der Waals surface area contributed by atoms with Gasteiger partial charge in [-0.3, -0.25) is 4.72 Å². The number of rotatable bonds is 1. The van der Waals surface area contributed by atoms with Gasteiger partial charge in [-0.15, -0.1) is 0 Å². The van der Waals surface area contributed by atoms with Crippen LogP contribution in [0.15, 0.2) is 18.2 Å². The lowest BCUT2D eigenvalue weighted by Crippen LogP contribution is -2.20. The van der Waals surface area contributed by atoms with E-state index in [0.29, 0.717) is 15.7 Å². The number of hydrogen-bond donors (Lipinski definition) is 3. The van der Waals surface area contributed by atoms with Crippen molar-refractivity contribution >= 4 is 47.7 Å². The predicted molar refractivity (Wildman–Crippen MR) is 57.6 cm³/mol. The van der Waals surface area contributed by atoms with Gasteiger partial charge in [0.25, 0.3) is 0 Å². The van der Waals surface area contributed by atoms with Crippen LogP contribution in [0.1, 0.15) is 0 Å². The molecule has 0 aromatic heterocycles. The maximum atomic E-state index is 10.8. The average molecular weight is 237 g/mol. The van der Waals surface area contributed by atoms with Gasteiger partial charge >= 0.3 is 6.03 Å². The van der Waals surface area contributed by atoms with E-state index in [0.717, 1.165) is 0 Å². The molecule has 1 rings (SSSR count). The summed E-state index contributed by atoms with van der Waals surface area (Å²) >= 11 is 15.0. The number of anilines is 1. The number of benzene rings is 1. The molecule has 2 N–H and O–H groups in total. The van der Waals surface area contributed by atoms with E-state index in [-0.39, 0.29) is 0 Å². The van der Waals surface area contributed by atoms with Crippen LogP contribution in [0.5, 0.6) is 0 Å². The van der Waals surface area contributed by atoms with Crippen LogP contribution in [0.2, 0.25) is 10.0 Å². The highest BCUT2D eigenvalue weighted by atomic mass is 35.5. The second-order valence-electron chi connectivity index (χ2n) is 2.19. The summed E-state index contributed by atoms with van der Waals surface area (Å²) in [5, 5.41) is 3.32. The molecule has 0 fully saturated rings. The molecular formula is C7H6Cl2N2OS. The maximum absolute atomic E-state index is 10.8. The lowest BCUT2D eigenvalue weighted by atomic mass is 10.3. The zero-order chi connectivity index (χ0) is 9.84. The number of nitrogens with one attached hydrogen (secondary N) is 2. The third kappa shape index (κ3) is 2.99. The van der Waals surface area contributed by atoms with Crippen LogP contribution in [0.25, 0.3) is 0 Å². The van der Waals surface area contributed by atoms with Crippen molar-refractivity contribution in [1.29, 1.82) is 0 Å². The first-order chi connectivity index (χ1) is 6.13. The maximum Gasteiger partial charge on any atom is 0.329 e. The number of hydrogen-bond acceptors (Lipinski definition) is 2.